The highest BCUT2D eigenvalue weighted by atomic mass is 32.1. The van der Waals surface area contributed by atoms with Crippen LogP contribution in [0.15, 0.2) is 0 Å². The average Bonchev–Trinajstić information content (AvgIpc) is 3.03. The summed E-state index contributed by atoms with van der Waals surface area (Å²) in [6, 6.07) is 2.01. The fraction of sp³-hybridized carbons (Fsp3) is 0.538. The standard InChI is InChI=1S/C13H17N3O2S/c1-18-13(17)10-11(15)9(6-14)19-12(10)16-7-8-4-2-3-5-8/h8,16H,2-5,7,15H2,1H3. The largest absolute Gasteiger partial charge is 0.465 e. The lowest BCUT2D eigenvalue weighted by molar-refractivity contribution is 0.0603. The molecule has 0 aliphatic heterocycles. The van der Waals surface area contributed by atoms with Crippen molar-refractivity contribution in [2.75, 3.05) is 24.7 Å². The molecule has 2 rings (SSSR count). The van der Waals surface area contributed by atoms with Gasteiger partial charge in [-0.2, -0.15) is 5.26 Å². The Kier molecular flexibility index (Phi) is 4.27. The van der Waals surface area contributed by atoms with E-state index in [1.807, 2.05) is 6.07 Å². The number of esters is 1. The molecule has 0 amide bonds. The first-order chi connectivity index (χ1) is 9.17. The van der Waals surface area contributed by atoms with E-state index in [1.165, 1.54) is 44.1 Å². The molecule has 1 aliphatic carbocycles. The second kappa shape index (κ2) is 5.93. The molecule has 0 radical (unpaired) electrons. The number of nitrogens with zero attached hydrogens (tertiary/aromatic N) is 1. The van der Waals surface area contributed by atoms with E-state index in [0.29, 0.717) is 21.4 Å². The Hall–Kier alpha value is -1.74. The minimum Gasteiger partial charge on any atom is -0.465 e. The predicted octanol–water partition coefficient (Wildman–Crippen LogP) is 2.59. The number of carbonyl (C=O) groups excluding carboxylic acids is 1. The van der Waals surface area contributed by atoms with Gasteiger partial charge in [-0.1, -0.05) is 12.8 Å². The van der Waals surface area contributed by atoms with Gasteiger partial charge in [-0.3, -0.25) is 0 Å². The van der Waals surface area contributed by atoms with Gasteiger partial charge in [0.1, 0.15) is 21.5 Å². The fourth-order valence-corrected chi connectivity index (χ4v) is 3.32. The van der Waals surface area contributed by atoms with Gasteiger partial charge in [0, 0.05) is 6.54 Å². The molecular formula is C13H17N3O2S. The summed E-state index contributed by atoms with van der Waals surface area (Å²) in [7, 11) is 1.31. The van der Waals surface area contributed by atoms with E-state index < -0.39 is 5.97 Å². The molecule has 0 unspecified atom stereocenters. The van der Waals surface area contributed by atoms with Gasteiger partial charge < -0.3 is 15.8 Å². The molecule has 3 N–H and O–H groups in total. The van der Waals surface area contributed by atoms with Crippen LogP contribution in [0.4, 0.5) is 10.7 Å². The molecule has 1 aromatic heterocycles. The summed E-state index contributed by atoms with van der Waals surface area (Å²) in [6.45, 7) is 0.814. The lowest BCUT2D eigenvalue weighted by Gasteiger charge is -2.11. The lowest BCUT2D eigenvalue weighted by Crippen LogP contribution is -2.13. The van der Waals surface area contributed by atoms with Crippen LogP contribution in [0.3, 0.4) is 0 Å². The van der Waals surface area contributed by atoms with Gasteiger partial charge in [-0.25, -0.2) is 4.79 Å². The maximum Gasteiger partial charge on any atom is 0.343 e. The van der Waals surface area contributed by atoms with Crippen LogP contribution in [0.5, 0.6) is 0 Å². The Morgan fingerprint density at radius 1 is 1.58 bits per heavy atom. The molecule has 1 fully saturated rings. The maximum atomic E-state index is 11.7. The normalized spacial score (nSPS) is 15.2. The third kappa shape index (κ3) is 2.82. The number of nitrogens with two attached hydrogens (primary N) is 1. The van der Waals surface area contributed by atoms with Crippen molar-refractivity contribution in [3.8, 4) is 6.07 Å². The Labute approximate surface area is 116 Å². The molecule has 1 saturated carbocycles. The van der Waals surface area contributed by atoms with Crippen molar-refractivity contribution in [2.45, 2.75) is 25.7 Å². The minimum absolute atomic E-state index is 0.216. The minimum atomic E-state index is -0.496. The zero-order valence-corrected chi connectivity index (χ0v) is 11.7. The monoisotopic (exact) mass is 279 g/mol. The van der Waals surface area contributed by atoms with Crippen LogP contribution in [-0.2, 0) is 4.74 Å². The Balaban J connectivity index is 2.18. The highest BCUT2D eigenvalue weighted by Crippen LogP contribution is 2.36. The summed E-state index contributed by atoms with van der Waals surface area (Å²) in [5.74, 6) is 0.142. The van der Waals surface area contributed by atoms with E-state index >= 15 is 0 Å². The number of thiophene rings is 1. The van der Waals surface area contributed by atoms with E-state index in [-0.39, 0.29) is 5.69 Å². The number of nitrogens with one attached hydrogen (secondary N) is 1. The summed E-state index contributed by atoms with van der Waals surface area (Å²) in [5.41, 5.74) is 6.33. The summed E-state index contributed by atoms with van der Waals surface area (Å²) >= 11 is 1.22. The number of carbonyl (C=O) groups is 1. The quantitative estimate of drug-likeness (QED) is 0.827. The molecule has 0 aromatic carbocycles. The van der Waals surface area contributed by atoms with Crippen LogP contribution < -0.4 is 11.1 Å². The zero-order chi connectivity index (χ0) is 13.8. The van der Waals surface area contributed by atoms with E-state index in [9.17, 15) is 4.79 Å². The first-order valence-electron chi connectivity index (χ1n) is 6.32. The number of ether oxygens (including phenoxy) is 1. The first kappa shape index (κ1) is 13.7. The maximum absolute atomic E-state index is 11.7. The molecule has 1 aliphatic rings. The number of rotatable bonds is 4. The van der Waals surface area contributed by atoms with Crippen molar-refractivity contribution in [2.24, 2.45) is 5.92 Å². The van der Waals surface area contributed by atoms with Crippen LogP contribution in [0, 0.1) is 17.2 Å². The van der Waals surface area contributed by atoms with Crippen molar-refractivity contribution in [1.82, 2.24) is 0 Å². The predicted molar refractivity (Wildman–Crippen MR) is 75.2 cm³/mol. The van der Waals surface area contributed by atoms with Crippen LogP contribution in [0.25, 0.3) is 0 Å². The van der Waals surface area contributed by atoms with Crippen LogP contribution in [0.2, 0.25) is 0 Å². The molecule has 0 saturated heterocycles. The van der Waals surface area contributed by atoms with Crippen molar-refractivity contribution in [3.05, 3.63) is 10.4 Å². The lowest BCUT2D eigenvalue weighted by atomic mass is 10.1. The van der Waals surface area contributed by atoms with Crippen molar-refractivity contribution in [3.63, 3.8) is 0 Å². The molecule has 0 spiro atoms. The number of anilines is 2. The number of methoxy groups -OCH3 is 1. The second-order valence-corrected chi connectivity index (χ2v) is 5.70. The second-order valence-electron chi connectivity index (χ2n) is 4.68. The molecule has 102 valence electrons. The number of nitrogen functional groups attached to an aromatic ring is 1. The van der Waals surface area contributed by atoms with Crippen LogP contribution >= 0.6 is 11.3 Å². The SMILES string of the molecule is COC(=O)c1c(NCC2CCCC2)sc(C#N)c1N. The summed E-state index contributed by atoms with van der Waals surface area (Å²) in [6.07, 6.45) is 4.97. The molecule has 1 heterocycles. The number of hydrogen-bond donors (Lipinski definition) is 2. The van der Waals surface area contributed by atoms with E-state index in [1.54, 1.807) is 0 Å². The summed E-state index contributed by atoms with van der Waals surface area (Å²) in [4.78, 5) is 12.1. The molecular weight excluding hydrogens is 262 g/mol. The topological polar surface area (TPSA) is 88.1 Å². The first-order valence-corrected chi connectivity index (χ1v) is 7.13. The van der Waals surface area contributed by atoms with E-state index in [0.717, 1.165) is 6.54 Å². The fourth-order valence-electron chi connectivity index (χ4n) is 2.41. The van der Waals surface area contributed by atoms with Gasteiger partial charge in [0.2, 0.25) is 0 Å². The molecule has 1 aromatic rings. The van der Waals surface area contributed by atoms with Crippen molar-refractivity contribution < 1.29 is 9.53 Å². The van der Waals surface area contributed by atoms with Crippen molar-refractivity contribution in [1.29, 1.82) is 5.26 Å². The van der Waals surface area contributed by atoms with E-state index in [2.05, 4.69) is 5.32 Å². The Bertz CT molecular complexity index is 513. The highest BCUT2D eigenvalue weighted by Gasteiger charge is 2.23. The third-order valence-electron chi connectivity index (χ3n) is 3.46. The van der Waals surface area contributed by atoms with Crippen LogP contribution in [0.1, 0.15) is 40.9 Å². The van der Waals surface area contributed by atoms with Gasteiger partial charge in [-0.15, -0.1) is 11.3 Å². The van der Waals surface area contributed by atoms with Gasteiger partial charge in [0.05, 0.1) is 12.8 Å². The zero-order valence-electron chi connectivity index (χ0n) is 10.9. The van der Waals surface area contributed by atoms with Crippen LogP contribution in [-0.4, -0.2) is 19.6 Å². The van der Waals surface area contributed by atoms with E-state index in [4.69, 9.17) is 15.7 Å². The molecule has 5 nitrogen and oxygen atoms in total. The molecule has 6 heteroatoms. The van der Waals surface area contributed by atoms with Gasteiger partial charge in [0.15, 0.2) is 0 Å². The summed E-state index contributed by atoms with van der Waals surface area (Å²) in [5, 5.41) is 12.9. The average molecular weight is 279 g/mol. The van der Waals surface area contributed by atoms with Gasteiger partial charge in [0.25, 0.3) is 0 Å². The third-order valence-corrected chi connectivity index (χ3v) is 4.53. The Morgan fingerprint density at radius 2 is 2.26 bits per heavy atom. The number of hydrogen-bond acceptors (Lipinski definition) is 6. The summed E-state index contributed by atoms with van der Waals surface area (Å²) < 4.78 is 4.73. The van der Waals surface area contributed by atoms with Gasteiger partial charge in [-0.05, 0) is 18.8 Å². The molecule has 0 bridgehead atoms. The Morgan fingerprint density at radius 3 is 2.84 bits per heavy atom. The molecule has 0 atom stereocenters. The number of nitriles is 1. The highest BCUT2D eigenvalue weighted by molar-refractivity contribution is 7.17. The van der Waals surface area contributed by atoms with Crippen molar-refractivity contribution >= 4 is 28.0 Å². The molecule has 19 heavy (non-hydrogen) atoms. The van der Waals surface area contributed by atoms with Gasteiger partial charge >= 0.3 is 5.97 Å². The smallest absolute Gasteiger partial charge is 0.343 e.